The van der Waals surface area contributed by atoms with E-state index in [0.717, 1.165) is 77.8 Å². The molecule has 6 heteroatoms. The van der Waals surface area contributed by atoms with Gasteiger partial charge in [-0.2, -0.15) is 0 Å². The number of aromatic nitrogens is 4. The number of para-hydroxylation sites is 2. The van der Waals surface area contributed by atoms with E-state index in [0.29, 0.717) is 11.8 Å². The van der Waals surface area contributed by atoms with E-state index in [1.165, 1.54) is 0 Å². The molecule has 0 aliphatic rings. The molecule has 8 rings (SSSR count). The molecule has 0 aliphatic heterocycles. The van der Waals surface area contributed by atoms with Gasteiger partial charge in [0, 0.05) is 17.8 Å². The van der Waals surface area contributed by atoms with E-state index < -0.39 is 0 Å². The molecule has 49 heavy (non-hydrogen) atoms. The molecule has 0 unspecified atom stereocenters. The average molecular weight is 818 g/mol. The summed E-state index contributed by atoms with van der Waals surface area (Å²) in [5.74, 6) is 0.984. The van der Waals surface area contributed by atoms with Gasteiger partial charge >= 0.3 is 21.1 Å². The van der Waals surface area contributed by atoms with Crippen molar-refractivity contribution in [3.63, 3.8) is 0 Å². The molecule has 0 spiro atoms. The van der Waals surface area contributed by atoms with E-state index in [4.69, 9.17) is 19.7 Å². The molecule has 4 heterocycles. The van der Waals surface area contributed by atoms with Crippen LogP contribution in [0.15, 0.2) is 115 Å². The minimum Gasteiger partial charge on any atom is -0.422 e. The van der Waals surface area contributed by atoms with Gasteiger partial charge in [-0.05, 0) is 65.0 Å². The van der Waals surface area contributed by atoms with Gasteiger partial charge in [0.15, 0.2) is 0 Å². The fourth-order valence-corrected chi connectivity index (χ4v) is 6.41. The summed E-state index contributed by atoms with van der Waals surface area (Å²) in [6.07, 6.45) is 2.09. The van der Waals surface area contributed by atoms with Crippen molar-refractivity contribution < 1.29 is 25.8 Å². The van der Waals surface area contributed by atoms with E-state index in [1.807, 2.05) is 60.7 Å². The number of ether oxygens (including phenoxy) is 1. The number of hydrogen-bond donors (Lipinski definition) is 0. The van der Waals surface area contributed by atoms with E-state index >= 15 is 0 Å². The van der Waals surface area contributed by atoms with Crippen LogP contribution in [0, 0.1) is 26.0 Å². The smallest absolute Gasteiger partial charge is 0.422 e. The maximum atomic E-state index is 6.75. The number of pyridine rings is 3. The number of fused-ring (bicyclic) bond motifs is 5. The summed E-state index contributed by atoms with van der Waals surface area (Å²) in [7, 11) is 0. The van der Waals surface area contributed by atoms with Crippen LogP contribution >= 0.6 is 0 Å². The van der Waals surface area contributed by atoms with Crippen LogP contribution in [0.25, 0.3) is 61.1 Å². The summed E-state index contributed by atoms with van der Waals surface area (Å²) in [5.41, 5.74) is 11.6. The number of imidazole rings is 1. The predicted octanol–water partition coefficient (Wildman–Crippen LogP) is 10.7. The third kappa shape index (κ3) is 6.04. The Hall–Kier alpha value is -5.12. The molecular weight excluding hydrogens is 784 g/mol. The van der Waals surface area contributed by atoms with Crippen LogP contribution < -0.4 is 4.74 Å². The Kier molecular flexibility index (Phi) is 8.42. The normalized spacial score (nSPS) is 11.6. The molecule has 0 radical (unpaired) electrons. The second-order valence-electron chi connectivity index (χ2n) is 13.3. The maximum Gasteiger partial charge on any atom is 2.00 e. The molecule has 0 saturated heterocycles. The van der Waals surface area contributed by atoms with Crippen molar-refractivity contribution in [2.75, 3.05) is 0 Å². The molecule has 0 N–H and O–H groups in total. The van der Waals surface area contributed by atoms with Crippen LogP contribution in [0.1, 0.15) is 37.5 Å². The zero-order valence-electron chi connectivity index (χ0n) is 28.0. The van der Waals surface area contributed by atoms with Crippen LogP contribution in [0.5, 0.6) is 11.8 Å². The van der Waals surface area contributed by atoms with Crippen molar-refractivity contribution >= 4 is 27.5 Å². The van der Waals surface area contributed by atoms with Crippen LogP contribution in [-0.2, 0) is 26.5 Å². The molecule has 0 aliphatic carbocycles. The van der Waals surface area contributed by atoms with Gasteiger partial charge < -0.3 is 9.14 Å². The zero-order valence-corrected chi connectivity index (χ0v) is 30.3. The van der Waals surface area contributed by atoms with Gasteiger partial charge in [0.2, 0.25) is 11.8 Å². The first-order valence-electron chi connectivity index (χ1n) is 16.2. The van der Waals surface area contributed by atoms with Crippen LogP contribution in [0.3, 0.4) is 0 Å². The molecule has 4 aromatic heterocycles. The molecule has 242 valence electrons. The quantitative estimate of drug-likeness (QED) is 0.162. The summed E-state index contributed by atoms with van der Waals surface area (Å²) in [6.45, 7) is 10.8. The van der Waals surface area contributed by atoms with Crippen LogP contribution in [0.4, 0.5) is 0 Å². The van der Waals surface area contributed by atoms with Crippen molar-refractivity contribution in [1.29, 1.82) is 0 Å². The predicted molar refractivity (Wildman–Crippen MR) is 194 cm³/mol. The summed E-state index contributed by atoms with van der Waals surface area (Å²) in [6, 6.07) is 43.8. The van der Waals surface area contributed by atoms with Gasteiger partial charge in [-0.25, -0.2) is 4.98 Å². The van der Waals surface area contributed by atoms with Crippen molar-refractivity contribution in [2.24, 2.45) is 0 Å². The Morgan fingerprint density at radius 3 is 2.29 bits per heavy atom. The van der Waals surface area contributed by atoms with Gasteiger partial charge in [0.1, 0.15) is 5.65 Å². The Morgan fingerprint density at radius 1 is 0.714 bits per heavy atom. The Morgan fingerprint density at radius 2 is 1.51 bits per heavy atom. The van der Waals surface area contributed by atoms with Crippen LogP contribution in [0.2, 0.25) is 0 Å². The van der Waals surface area contributed by atoms with Crippen molar-refractivity contribution in [1.82, 2.24) is 19.4 Å². The number of nitrogens with zero attached hydrogens (tertiary/aromatic N) is 4. The maximum absolute atomic E-state index is 6.75. The van der Waals surface area contributed by atoms with Crippen LogP contribution in [-0.4, -0.2) is 19.4 Å². The largest absolute Gasteiger partial charge is 2.00 e. The zero-order chi connectivity index (χ0) is 33.0. The van der Waals surface area contributed by atoms with E-state index in [9.17, 15) is 0 Å². The van der Waals surface area contributed by atoms with E-state index in [1.54, 1.807) is 0 Å². The Bertz CT molecular complexity index is 2480. The molecule has 0 saturated carbocycles. The fourth-order valence-electron chi connectivity index (χ4n) is 6.41. The molecular formula is C43H34N4OPt. The fraction of sp³-hybridized carbons (Fsp3) is 0.140. The first-order valence-corrected chi connectivity index (χ1v) is 16.2. The third-order valence-electron chi connectivity index (χ3n) is 8.96. The molecule has 0 atom stereocenters. The first kappa shape index (κ1) is 32.4. The standard InChI is InChI=1S/C43H34N4O.Pt/c1-27-12-11-13-28(2)40(27)34-20-21-35(29-14-7-6-8-15-29)46-42(34)48-39-26-32(43(3,4)5)25-37(44-39)31-18-19-33-30(24-31)22-23-47-38-17-10-9-16-36(38)45-41(33)47;/h6-14,16-17,19-26H,1-5H3;/q-2;+2. The minimum atomic E-state index is -0.154. The topological polar surface area (TPSA) is 52.3 Å². The molecule has 0 amide bonds. The number of rotatable bonds is 5. The van der Waals surface area contributed by atoms with Crippen molar-refractivity contribution in [3.05, 3.63) is 144 Å². The minimum absolute atomic E-state index is 0. The van der Waals surface area contributed by atoms with Gasteiger partial charge in [-0.3, -0.25) is 9.97 Å². The average Bonchev–Trinajstić information content (AvgIpc) is 3.48. The van der Waals surface area contributed by atoms with Crippen molar-refractivity contribution in [2.45, 2.75) is 40.0 Å². The van der Waals surface area contributed by atoms with Crippen molar-refractivity contribution in [3.8, 4) is 45.4 Å². The molecule has 8 aromatic rings. The number of benzene rings is 4. The molecule has 5 nitrogen and oxygen atoms in total. The van der Waals surface area contributed by atoms with Gasteiger partial charge in [-0.15, -0.1) is 59.7 Å². The molecule has 4 aromatic carbocycles. The Labute approximate surface area is 300 Å². The molecule has 0 fully saturated rings. The second kappa shape index (κ2) is 12.7. The summed E-state index contributed by atoms with van der Waals surface area (Å²) in [4.78, 5) is 15.1. The summed E-state index contributed by atoms with van der Waals surface area (Å²) in [5, 5.41) is 2.11. The van der Waals surface area contributed by atoms with Gasteiger partial charge in [-0.1, -0.05) is 86.1 Å². The SMILES string of the molecule is Cc1cccc(C)c1-c1ccc(-c2[c-]cccc2)nc1Oc1cc(C(C)(C)C)cc(-c2[c-]cc3c(ccn4c5ccccc5nc34)c2)n1.[Pt+2]. The Balaban J connectivity index is 0.00000378. The first-order chi connectivity index (χ1) is 23.2. The summed E-state index contributed by atoms with van der Waals surface area (Å²) >= 11 is 0. The van der Waals surface area contributed by atoms with Gasteiger partial charge in [0.05, 0.1) is 11.0 Å². The molecule has 0 bridgehead atoms. The number of aryl methyl sites for hydroxylation is 2. The second-order valence-corrected chi connectivity index (χ2v) is 13.3. The third-order valence-corrected chi connectivity index (χ3v) is 8.96. The van der Waals surface area contributed by atoms with Gasteiger partial charge in [0.25, 0.3) is 0 Å². The number of hydrogen-bond acceptors (Lipinski definition) is 4. The van der Waals surface area contributed by atoms with E-state index in [-0.39, 0.29) is 26.5 Å². The monoisotopic (exact) mass is 817 g/mol. The summed E-state index contributed by atoms with van der Waals surface area (Å²) < 4.78 is 8.89. The van der Waals surface area contributed by atoms with E-state index in [2.05, 4.69) is 106 Å².